The zero-order valence-electron chi connectivity index (χ0n) is 22.6. The van der Waals surface area contributed by atoms with Gasteiger partial charge in [-0.3, -0.25) is 0 Å². The summed E-state index contributed by atoms with van der Waals surface area (Å²) < 4.78 is 11.7. The molecule has 0 aliphatic carbocycles. The number of aliphatic hydroxyl groups is 2. The maximum absolute atomic E-state index is 10.2. The Labute approximate surface area is 257 Å². The number of rotatable bonds is 10. The van der Waals surface area contributed by atoms with E-state index in [1.54, 1.807) is 36.4 Å². The lowest BCUT2D eigenvalue weighted by Crippen LogP contribution is -2.21. The fourth-order valence-electron chi connectivity index (χ4n) is 4.25. The van der Waals surface area contributed by atoms with Gasteiger partial charge < -0.3 is 25.1 Å². The average molecular weight is 610 g/mol. The van der Waals surface area contributed by atoms with Crippen molar-refractivity contribution >= 4 is 34.9 Å². The van der Waals surface area contributed by atoms with E-state index in [1.807, 2.05) is 42.5 Å². The number of oxazole rings is 1. The van der Waals surface area contributed by atoms with Crippen LogP contribution in [-0.4, -0.2) is 39.5 Å². The van der Waals surface area contributed by atoms with Crippen molar-refractivity contribution in [1.29, 1.82) is 5.26 Å². The van der Waals surface area contributed by atoms with E-state index in [4.69, 9.17) is 43.2 Å². The first kappa shape index (κ1) is 29.6. The van der Waals surface area contributed by atoms with Gasteiger partial charge in [-0.25, -0.2) is 14.8 Å². The summed E-state index contributed by atoms with van der Waals surface area (Å²) >= 11 is 7.34. The number of aromatic nitrogens is 2. The van der Waals surface area contributed by atoms with E-state index in [1.165, 1.54) is 11.8 Å². The molecule has 3 aromatic carbocycles. The van der Waals surface area contributed by atoms with E-state index in [-0.39, 0.29) is 23.7 Å². The summed E-state index contributed by atoms with van der Waals surface area (Å²) in [6, 6.07) is 25.7. The number of hydrogen-bond donors (Lipinski definition) is 3. The molecule has 0 unspecified atom stereocenters. The summed E-state index contributed by atoms with van der Waals surface area (Å²) in [5, 5.41) is 29.7. The summed E-state index contributed by atoms with van der Waals surface area (Å²) in [7, 11) is 0. The minimum Gasteiger partial charge on any atom is -0.491 e. The van der Waals surface area contributed by atoms with Crippen molar-refractivity contribution in [3.8, 4) is 45.7 Å². The number of benzene rings is 3. The predicted octanol–water partition coefficient (Wildman–Crippen LogP) is 6.75. The van der Waals surface area contributed by atoms with Crippen LogP contribution in [0.25, 0.3) is 38.7 Å². The average Bonchev–Trinajstić information content (AvgIpc) is 3.47. The highest BCUT2D eigenvalue weighted by molar-refractivity contribution is 7.98. The van der Waals surface area contributed by atoms with Crippen molar-refractivity contribution in [2.45, 2.75) is 16.9 Å². The van der Waals surface area contributed by atoms with Crippen LogP contribution in [0.15, 0.2) is 88.3 Å². The maximum Gasteiger partial charge on any atom is 0.236 e. The number of thioether (sulfide) groups is 1. The van der Waals surface area contributed by atoms with Gasteiger partial charge in [0.05, 0.1) is 24.4 Å². The van der Waals surface area contributed by atoms with Gasteiger partial charge in [0, 0.05) is 27.5 Å². The van der Waals surface area contributed by atoms with Crippen LogP contribution in [-0.2, 0) is 5.75 Å². The summed E-state index contributed by atoms with van der Waals surface area (Å²) in [6.07, 6.45) is -1.01. The minimum atomic E-state index is -1.01. The number of nitriles is 1. The molecule has 0 aliphatic rings. The zero-order valence-corrected chi connectivity index (χ0v) is 24.1. The molecule has 0 aliphatic heterocycles. The zero-order chi connectivity index (χ0) is 30.3. The molecule has 11 heteroatoms. The van der Waals surface area contributed by atoms with E-state index >= 15 is 0 Å². The van der Waals surface area contributed by atoms with Crippen LogP contribution >= 0.6 is 23.4 Å². The number of nitrogens with two attached hydrogens (primary N) is 1. The number of hydrogen-bond acceptors (Lipinski definition) is 9. The van der Waals surface area contributed by atoms with Gasteiger partial charge in [0.2, 0.25) is 11.6 Å². The molecule has 0 amide bonds. The number of aliphatic hydroxyl groups excluding tert-OH is 2. The van der Waals surface area contributed by atoms with Crippen LogP contribution in [0.3, 0.4) is 0 Å². The molecule has 0 saturated heterocycles. The van der Waals surface area contributed by atoms with Crippen molar-refractivity contribution in [3.05, 3.63) is 107 Å². The standard InChI is InChI=1S/C32H24ClN5O4S/c1-36-28-27(19-9-13-24(14-10-19)41-17-23(40)16-39)25(15-34)32(38-30(28)35)43-18-26-29(20-5-3-2-4-6-20)42-31(37-26)21-7-11-22(33)12-8-21/h2-14,23,39-40H,16-18H2,(H2,35,38)/t23-/m1/s1. The highest BCUT2D eigenvalue weighted by Gasteiger charge is 2.23. The largest absolute Gasteiger partial charge is 0.491 e. The Hall–Kier alpha value is -4.84. The van der Waals surface area contributed by atoms with Gasteiger partial charge in [-0.1, -0.05) is 65.8 Å². The summed E-state index contributed by atoms with van der Waals surface area (Å²) in [4.78, 5) is 12.8. The lowest BCUT2D eigenvalue weighted by Gasteiger charge is -2.14. The molecular weight excluding hydrogens is 586 g/mol. The number of pyridine rings is 1. The van der Waals surface area contributed by atoms with Crippen LogP contribution in [0.4, 0.5) is 11.5 Å². The van der Waals surface area contributed by atoms with E-state index < -0.39 is 12.7 Å². The third-order valence-electron chi connectivity index (χ3n) is 6.36. The Balaban J connectivity index is 1.50. The first-order valence-corrected chi connectivity index (χ1v) is 14.3. The molecule has 4 N–H and O–H groups in total. The molecule has 214 valence electrons. The van der Waals surface area contributed by atoms with Gasteiger partial charge in [-0.05, 0) is 42.0 Å². The van der Waals surface area contributed by atoms with Gasteiger partial charge in [-0.2, -0.15) is 5.26 Å². The van der Waals surface area contributed by atoms with Crippen molar-refractivity contribution in [3.63, 3.8) is 0 Å². The Kier molecular flexibility index (Phi) is 9.26. The minimum absolute atomic E-state index is 0.00295. The van der Waals surface area contributed by atoms with E-state index in [0.717, 1.165) is 11.1 Å². The molecule has 5 rings (SSSR count). The monoisotopic (exact) mass is 609 g/mol. The SMILES string of the molecule is [C-]#[N+]c1c(N)nc(SCc2nc(-c3ccc(Cl)cc3)oc2-c2ccccc2)c(C#N)c1-c1ccc(OC[C@H](O)CO)cc1. The van der Waals surface area contributed by atoms with E-state index in [9.17, 15) is 10.4 Å². The number of halogens is 1. The third kappa shape index (κ3) is 6.64. The topological polar surface area (TPSA) is 143 Å². The van der Waals surface area contributed by atoms with Crippen LogP contribution in [0.1, 0.15) is 11.3 Å². The molecule has 43 heavy (non-hydrogen) atoms. The lowest BCUT2D eigenvalue weighted by atomic mass is 10.00. The highest BCUT2D eigenvalue weighted by Crippen LogP contribution is 2.43. The number of ether oxygens (including phenoxy) is 1. The molecule has 0 spiro atoms. The first-order chi connectivity index (χ1) is 20.9. The Morgan fingerprint density at radius 2 is 1.72 bits per heavy atom. The summed E-state index contributed by atoms with van der Waals surface area (Å²) in [5.74, 6) is 1.77. The van der Waals surface area contributed by atoms with Crippen molar-refractivity contribution in [2.24, 2.45) is 0 Å². The molecule has 2 heterocycles. The number of nitrogens with zero attached hydrogens (tertiary/aromatic N) is 4. The smallest absolute Gasteiger partial charge is 0.236 e. The molecule has 2 aromatic heterocycles. The lowest BCUT2D eigenvalue weighted by molar-refractivity contribution is 0.0536. The second-order valence-corrected chi connectivity index (χ2v) is 10.7. The molecule has 0 saturated carbocycles. The molecule has 0 radical (unpaired) electrons. The summed E-state index contributed by atoms with van der Waals surface area (Å²) in [5.41, 5.74) is 9.70. The quantitative estimate of drug-likeness (QED) is 0.116. The third-order valence-corrected chi connectivity index (χ3v) is 7.59. The highest BCUT2D eigenvalue weighted by atomic mass is 35.5. The second-order valence-electron chi connectivity index (χ2n) is 9.25. The van der Waals surface area contributed by atoms with Crippen molar-refractivity contribution in [2.75, 3.05) is 18.9 Å². The maximum atomic E-state index is 10.2. The van der Waals surface area contributed by atoms with Gasteiger partial charge in [0.1, 0.15) is 35.4 Å². The van der Waals surface area contributed by atoms with Crippen LogP contribution in [0.5, 0.6) is 5.75 Å². The Morgan fingerprint density at radius 1 is 1.02 bits per heavy atom. The predicted molar refractivity (Wildman–Crippen MR) is 166 cm³/mol. The van der Waals surface area contributed by atoms with Crippen LogP contribution in [0.2, 0.25) is 5.02 Å². The van der Waals surface area contributed by atoms with Gasteiger partial charge in [0.15, 0.2) is 5.76 Å². The van der Waals surface area contributed by atoms with Gasteiger partial charge in [0.25, 0.3) is 0 Å². The van der Waals surface area contributed by atoms with E-state index in [0.29, 0.717) is 50.0 Å². The Bertz CT molecular complexity index is 1820. The molecule has 1 atom stereocenters. The molecule has 0 fully saturated rings. The first-order valence-electron chi connectivity index (χ1n) is 13.0. The fraction of sp³-hybridized carbons (Fsp3) is 0.125. The number of anilines is 1. The molecule has 9 nitrogen and oxygen atoms in total. The number of nitrogen functional groups attached to an aromatic ring is 1. The van der Waals surface area contributed by atoms with Crippen molar-refractivity contribution in [1.82, 2.24) is 9.97 Å². The Morgan fingerprint density at radius 3 is 2.37 bits per heavy atom. The van der Waals surface area contributed by atoms with E-state index in [2.05, 4.69) is 15.9 Å². The van der Waals surface area contributed by atoms with Crippen LogP contribution in [0, 0.1) is 17.9 Å². The molecular formula is C32H24ClN5O4S. The second kappa shape index (κ2) is 13.4. The van der Waals surface area contributed by atoms with Crippen LogP contribution < -0.4 is 10.5 Å². The van der Waals surface area contributed by atoms with Crippen molar-refractivity contribution < 1.29 is 19.4 Å². The normalized spacial score (nSPS) is 11.5. The summed E-state index contributed by atoms with van der Waals surface area (Å²) in [6.45, 7) is 7.23. The van der Waals surface area contributed by atoms with Gasteiger partial charge in [-0.15, -0.1) is 0 Å². The molecule has 0 bridgehead atoms. The van der Waals surface area contributed by atoms with Gasteiger partial charge >= 0.3 is 0 Å². The fourth-order valence-corrected chi connectivity index (χ4v) is 5.30. The molecule has 5 aromatic rings.